The van der Waals surface area contributed by atoms with Gasteiger partial charge in [-0.05, 0) is 43.2 Å². The quantitative estimate of drug-likeness (QED) is 0.422. The number of hydrogen-bond donors (Lipinski definition) is 1. The predicted molar refractivity (Wildman–Crippen MR) is 131 cm³/mol. The number of nitro groups is 1. The number of aliphatic imine (C=N–C) groups is 1. The molecule has 1 heterocycles. The molecule has 1 N–H and O–H groups in total. The van der Waals surface area contributed by atoms with Gasteiger partial charge < -0.3 is 14.8 Å². The number of hydrogen-bond acceptors (Lipinski definition) is 8. The highest BCUT2D eigenvalue weighted by Gasteiger charge is 2.39. The number of carbonyl (C=O) groups excluding carboxylic acids is 2. The van der Waals surface area contributed by atoms with Gasteiger partial charge in [-0.3, -0.25) is 24.6 Å². The van der Waals surface area contributed by atoms with Crippen LogP contribution in [0.3, 0.4) is 0 Å². The molecule has 34 heavy (non-hydrogen) atoms. The Hall–Kier alpha value is -3.44. The highest BCUT2D eigenvalue weighted by molar-refractivity contribution is 8.15. The largest absolute Gasteiger partial charge is 0.495 e. The number of amidine groups is 1. The third-order valence-corrected chi connectivity index (χ3v) is 6.47. The Kier molecular flexibility index (Phi) is 8.24. The van der Waals surface area contributed by atoms with E-state index in [0.717, 1.165) is 11.1 Å². The third kappa shape index (κ3) is 5.91. The fourth-order valence-electron chi connectivity index (χ4n) is 3.30. The van der Waals surface area contributed by atoms with Crippen LogP contribution in [0.15, 0.2) is 41.4 Å². The number of ether oxygens (including phenoxy) is 2. The molecule has 1 saturated heterocycles. The first-order valence-electron chi connectivity index (χ1n) is 10.5. The van der Waals surface area contributed by atoms with Crippen LogP contribution < -0.4 is 10.1 Å². The van der Waals surface area contributed by atoms with Gasteiger partial charge in [0.15, 0.2) is 5.17 Å². The summed E-state index contributed by atoms with van der Waals surface area (Å²) in [5, 5.41) is 13.5. The second kappa shape index (κ2) is 11.1. The summed E-state index contributed by atoms with van der Waals surface area (Å²) in [6.45, 7) is 4.63. The minimum Gasteiger partial charge on any atom is -0.495 e. The minimum atomic E-state index is -0.688. The van der Waals surface area contributed by atoms with E-state index in [-0.39, 0.29) is 29.5 Å². The minimum absolute atomic E-state index is 0.134. The van der Waals surface area contributed by atoms with E-state index in [0.29, 0.717) is 24.0 Å². The Bertz CT molecular complexity index is 1140. The summed E-state index contributed by atoms with van der Waals surface area (Å²) in [5.41, 5.74) is 2.92. The summed E-state index contributed by atoms with van der Waals surface area (Å²) >= 11 is 1.21. The number of benzene rings is 2. The third-order valence-electron chi connectivity index (χ3n) is 5.29. The van der Waals surface area contributed by atoms with Crippen molar-refractivity contribution in [2.45, 2.75) is 25.5 Å². The first-order valence-corrected chi connectivity index (χ1v) is 11.4. The second-order valence-corrected chi connectivity index (χ2v) is 8.82. The molecule has 1 unspecified atom stereocenters. The zero-order valence-electron chi connectivity index (χ0n) is 19.4. The van der Waals surface area contributed by atoms with Crippen LogP contribution in [0.4, 0.5) is 17.1 Å². The second-order valence-electron chi connectivity index (χ2n) is 7.65. The lowest BCUT2D eigenvalue weighted by Crippen LogP contribution is -2.35. The van der Waals surface area contributed by atoms with Crippen molar-refractivity contribution in [3.8, 4) is 5.75 Å². The SMILES string of the molecule is COCCN1C(=O)C(CC(=O)Nc2cc([N+](=O)[O-])ccc2OC)SC1=Nc1ccc(C)c(C)c1. The maximum Gasteiger partial charge on any atom is 0.271 e. The van der Waals surface area contributed by atoms with Crippen molar-refractivity contribution in [1.29, 1.82) is 0 Å². The van der Waals surface area contributed by atoms with Crippen LogP contribution in [0.1, 0.15) is 17.5 Å². The van der Waals surface area contributed by atoms with Crippen LogP contribution >= 0.6 is 11.8 Å². The standard InChI is InChI=1S/C23H26N4O6S/c1-14-5-6-16(11-15(14)2)24-23-26(9-10-32-3)22(29)20(34-23)13-21(28)25-18-12-17(27(30)31)7-8-19(18)33-4/h5-8,11-12,20H,9-10,13H2,1-4H3,(H,25,28). The van der Waals surface area contributed by atoms with Crippen LogP contribution in [0.2, 0.25) is 0 Å². The molecule has 11 heteroatoms. The molecular weight excluding hydrogens is 460 g/mol. The van der Waals surface area contributed by atoms with Gasteiger partial charge in [0.1, 0.15) is 11.0 Å². The zero-order chi connectivity index (χ0) is 24.8. The monoisotopic (exact) mass is 486 g/mol. The fraction of sp³-hybridized carbons (Fsp3) is 0.348. The smallest absolute Gasteiger partial charge is 0.271 e. The summed E-state index contributed by atoms with van der Waals surface area (Å²) in [7, 11) is 2.95. The van der Waals surface area contributed by atoms with E-state index in [1.807, 2.05) is 32.0 Å². The zero-order valence-corrected chi connectivity index (χ0v) is 20.2. The van der Waals surface area contributed by atoms with Gasteiger partial charge in [-0.15, -0.1) is 0 Å². The predicted octanol–water partition coefficient (Wildman–Crippen LogP) is 3.83. The molecule has 2 amide bonds. The van der Waals surface area contributed by atoms with Crippen LogP contribution in [0.25, 0.3) is 0 Å². The van der Waals surface area contributed by atoms with Gasteiger partial charge in [-0.1, -0.05) is 17.8 Å². The van der Waals surface area contributed by atoms with E-state index in [9.17, 15) is 19.7 Å². The topological polar surface area (TPSA) is 123 Å². The summed E-state index contributed by atoms with van der Waals surface area (Å²) < 4.78 is 10.3. The maximum atomic E-state index is 13.1. The molecule has 1 aliphatic heterocycles. The number of methoxy groups -OCH3 is 2. The molecule has 2 aromatic carbocycles. The normalized spacial score (nSPS) is 16.7. The Morgan fingerprint density at radius 1 is 1.21 bits per heavy atom. The number of anilines is 1. The van der Waals surface area contributed by atoms with E-state index < -0.39 is 16.1 Å². The number of thioether (sulfide) groups is 1. The number of nitro benzene ring substituents is 1. The molecule has 1 atom stereocenters. The summed E-state index contributed by atoms with van der Waals surface area (Å²) in [4.78, 5) is 42.5. The highest BCUT2D eigenvalue weighted by Crippen LogP contribution is 2.33. The molecule has 10 nitrogen and oxygen atoms in total. The van der Waals surface area contributed by atoms with Gasteiger partial charge in [0.25, 0.3) is 5.69 Å². The molecule has 0 radical (unpaired) electrons. The van der Waals surface area contributed by atoms with Crippen molar-refractivity contribution in [2.75, 3.05) is 32.7 Å². The summed E-state index contributed by atoms with van der Waals surface area (Å²) in [5.74, 6) is -0.433. The van der Waals surface area contributed by atoms with E-state index in [1.54, 1.807) is 7.11 Å². The van der Waals surface area contributed by atoms with Crippen molar-refractivity contribution in [3.05, 3.63) is 57.6 Å². The number of non-ortho nitro benzene ring substituents is 1. The Labute approximate surface area is 201 Å². The van der Waals surface area contributed by atoms with Crippen molar-refractivity contribution in [2.24, 2.45) is 4.99 Å². The molecule has 0 spiro atoms. The van der Waals surface area contributed by atoms with Gasteiger partial charge in [-0.2, -0.15) is 0 Å². The van der Waals surface area contributed by atoms with Gasteiger partial charge in [-0.25, -0.2) is 4.99 Å². The fourth-order valence-corrected chi connectivity index (χ4v) is 4.48. The molecule has 1 aliphatic rings. The lowest BCUT2D eigenvalue weighted by molar-refractivity contribution is -0.384. The maximum absolute atomic E-state index is 13.1. The van der Waals surface area contributed by atoms with Gasteiger partial charge in [0.2, 0.25) is 11.8 Å². The van der Waals surface area contributed by atoms with Crippen molar-refractivity contribution in [1.82, 2.24) is 4.90 Å². The Balaban J connectivity index is 1.79. The first kappa shape index (κ1) is 25.2. The molecule has 180 valence electrons. The number of amides is 2. The Morgan fingerprint density at radius 3 is 2.62 bits per heavy atom. The molecule has 0 bridgehead atoms. The molecule has 0 saturated carbocycles. The van der Waals surface area contributed by atoms with E-state index in [2.05, 4.69) is 10.3 Å². The summed E-state index contributed by atoms with van der Waals surface area (Å²) in [6.07, 6.45) is -0.134. The number of nitrogens with one attached hydrogen (secondary N) is 1. The highest BCUT2D eigenvalue weighted by atomic mass is 32.2. The van der Waals surface area contributed by atoms with E-state index >= 15 is 0 Å². The first-order chi connectivity index (χ1) is 16.2. The number of rotatable bonds is 9. The molecule has 0 aliphatic carbocycles. The number of carbonyl (C=O) groups is 2. The average molecular weight is 487 g/mol. The van der Waals surface area contributed by atoms with Crippen LogP contribution in [-0.2, 0) is 14.3 Å². The number of aryl methyl sites for hydroxylation is 2. The molecule has 2 aromatic rings. The van der Waals surface area contributed by atoms with Crippen molar-refractivity contribution >= 4 is 45.8 Å². The van der Waals surface area contributed by atoms with Gasteiger partial charge in [0, 0.05) is 25.7 Å². The van der Waals surface area contributed by atoms with E-state index in [4.69, 9.17) is 9.47 Å². The molecular formula is C23H26N4O6S. The molecule has 0 aromatic heterocycles. The van der Waals surface area contributed by atoms with Crippen LogP contribution in [-0.4, -0.2) is 59.4 Å². The van der Waals surface area contributed by atoms with Crippen LogP contribution in [0.5, 0.6) is 5.75 Å². The van der Waals surface area contributed by atoms with E-state index in [1.165, 1.54) is 42.0 Å². The summed E-state index contributed by atoms with van der Waals surface area (Å²) in [6, 6.07) is 9.70. The lowest BCUT2D eigenvalue weighted by atomic mass is 10.1. The lowest BCUT2D eigenvalue weighted by Gasteiger charge is -2.16. The van der Waals surface area contributed by atoms with Crippen LogP contribution in [0, 0.1) is 24.0 Å². The Morgan fingerprint density at radius 2 is 1.97 bits per heavy atom. The number of nitrogens with zero attached hydrogens (tertiary/aromatic N) is 3. The molecule has 3 rings (SSSR count). The van der Waals surface area contributed by atoms with Crippen molar-refractivity contribution < 1.29 is 24.0 Å². The molecule has 1 fully saturated rings. The average Bonchev–Trinajstić information content (AvgIpc) is 3.08. The van der Waals surface area contributed by atoms with Gasteiger partial charge >= 0.3 is 0 Å². The van der Waals surface area contributed by atoms with Gasteiger partial charge in [0.05, 0.1) is 36.6 Å². The van der Waals surface area contributed by atoms with Crippen molar-refractivity contribution in [3.63, 3.8) is 0 Å².